The van der Waals surface area contributed by atoms with Crippen molar-refractivity contribution in [2.45, 2.75) is 45.6 Å². The second-order valence-electron chi connectivity index (χ2n) is 9.87. The third kappa shape index (κ3) is 5.58. The Morgan fingerprint density at radius 1 is 1.15 bits per heavy atom. The number of carbonyl (C=O) groups is 2. The van der Waals surface area contributed by atoms with Crippen molar-refractivity contribution in [2.24, 2.45) is 0 Å². The number of hydrogen-bond donors (Lipinski definition) is 2. The normalized spacial score (nSPS) is 16.8. The number of allylic oxidation sites excluding steroid dienone is 3. The van der Waals surface area contributed by atoms with Crippen LogP contribution in [0.3, 0.4) is 0 Å². The molecule has 1 aliphatic carbocycles. The number of aromatic nitrogens is 1. The van der Waals surface area contributed by atoms with Gasteiger partial charge in [-0.15, -0.1) is 0 Å². The fraction of sp³-hybridized carbons (Fsp3) is 0.258. The molecule has 40 heavy (non-hydrogen) atoms. The first-order valence-electron chi connectivity index (χ1n) is 13.0. The van der Waals surface area contributed by atoms with Gasteiger partial charge in [0.05, 0.1) is 12.1 Å². The third-order valence-corrected chi connectivity index (χ3v) is 7.39. The second-order valence-corrected chi connectivity index (χ2v) is 10.3. The number of anilines is 1. The highest BCUT2D eigenvalue weighted by molar-refractivity contribution is 6.30. The van der Waals surface area contributed by atoms with Crippen molar-refractivity contribution in [2.75, 3.05) is 12.4 Å². The van der Waals surface area contributed by atoms with Gasteiger partial charge in [0.15, 0.2) is 5.78 Å². The van der Waals surface area contributed by atoms with Crippen LogP contribution in [0.4, 0.5) is 10.2 Å². The van der Waals surface area contributed by atoms with Crippen LogP contribution in [0.15, 0.2) is 77.3 Å². The highest BCUT2D eigenvalue weighted by atomic mass is 35.5. The molecular weight excluding hydrogens is 533 g/mol. The van der Waals surface area contributed by atoms with Crippen molar-refractivity contribution in [3.05, 3.63) is 105 Å². The predicted octanol–water partition coefficient (Wildman–Crippen LogP) is 6.38. The summed E-state index contributed by atoms with van der Waals surface area (Å²) in [6, 6.07) is 13.3. The fourth-order valence-corrected chi connectivity index (χ4v) is 5.39. The molecule has 2 aliphatic rings. The van der Waals surface area contributed by atoms with E-state index in [1.54, 1.807) is 25.4 Å². The van der Waals surface area contributed by atoms with Crippen LogP contribution in [0.25, 0.3) is 0 Å². The van der Waals surface area contributed by atoms with Gasteiger partial charge in [-0.1, -0.05) is 17.7 Å². The number of aryl methyl sites for hydroxylation is 1. The Balaban J connectivity index is 1.54. The Bertz CT molecular complexity index is 1570. The van der Waals surface area contributed by atoms with Crippen molar-refractivity contribution >= 4 is 29.1 Å². The van der Waals surface area contributed by atoms with Gasteiger partial charge in [0.2, 0.25) is 0 Å². The summed E-state index contributed by atoms with van der Waals surface area (Å²) >= 11 is 5.92. The number of nitrogens with one attached hydrogen (secondary N) is 2. The third-order valence-electron chi connectivity index (χ3n) is 7.10. The summed E-state index contributed by atoms with van der Waals surface area (Å²) < 4.78 is 25.1. The van der Waals surface area contributed by atoms with Crippen LogP contribution >= 0.6 is 11.6 Å². The standard InChI is InChI=1S/C31H29ClFN3O4/c1-17-11-12-34-27(13-17)36-31(38)28-18(2)35-24-5-4-6-25(37)30(24)29(28)19-7-10-26(39-3)20(14-19)16-40-21-8-9-23(33)22(32)15-21/h7-15,29,35H,4-6,16H2,1-3H3,(H,34,36,38)/t29-/m0/s1. The minimum atomic E-state index is -0.598. The molecule has 7 nitrogen and oxygen atoms in total. The lowest BCUT2D eigenvalue weighted by atomic mass is 9.74. The number of methoxy groups -OCH3 is 1. The van der Waals surface area contributed by atoms with Gasteiger partial charge in [-0.05, 0) is 74.2 Å². The molecule has 9 heteroatoms. The first-order chi connectivity index (χ1) is 19.2. The second kappa shape index (κ2) is 11.5. The quantitative estimate of drug-likeness (QED) is 0.348. The minimum Gasteiger partial charge on any atom is -0.496 e. The molecule has 0 radical (unpaired) electrons. The van der Waals surface area contributed by atoms with Crippen LogP contribution in [0.1, 0.15) is 48.8 Å². The summed E-state index contributed by atoms with van der Waals surface area (Å²) in [6.07, 6.45) is 3.53. The number of ketones is 1. The van der Waals surface area contributed by atoms with Crippen LogP contribution in [0.2, 0.25) is 5.02 Å². The van der Waals surface area contributed by atoms with Crippen LogP contribution in [-0.2, 0) is 16.2 Å². The lowest BCUT2D eigenvalue weighted by Gasteiger charge is -2.34. The van der Waals surface area contributed by atoms with Crippen molar-refractivity contribution in [1.29, 1.82) is 0 Å². The van der Waals surface area contributed by atoms with Crippen molar-refractivity contribution in [3.63, 3.8) is 0 Å². The number of rotatable bonds is 7. The number of carbonyl (C=O) groups excluding carboxylic acids is 2. The lowest BCUT2D eigenvalue weighted by Crippen LogP contribution is -2.35. The first kappa shape index (κ1) is 27.4. The van der Waals surface area contributed by atoms with E-state index in [-0.39, 0.29) is 23.3 Å². The topological polar surface area (TPSA) is 89.5 Å². The number of benzene rings is 2. The Morgan fingerprint density at radius 3 is 2.73 bits per heavy atom. The SMILES string of the molecule is COc1ccc([C@H]2C(C(=O)Nc3cc(C)ccn3)=C(C)NC3=C2C(=O)CCC3)cc1COc1ccc(F)c(Cl)c1. The smallest absolute Gasteiger partial charge is 0.255 e. The zero-order valence-corrected chi connectivity index (χ0v) is 23.2. The molecular formula is C31H29ClFN3O4. The molecule has 3 aromatic rings. The number of amides is 1. The van der Waals surface area contributed by atoms with Gasteiger partial charge in [-0.3, -0.25) is 9.59 Å². The summed E-state index contributed by atoms with van der Waals surface area (Å²) in [5.41, 5.74) is 4.98. The van der Waals surface area contributed by atoms with E-state index < -0.39 is 11.7 Å². The average Bonchev–Trinajstić information content (AvgIpc) is 2.93. The lowest BCUT2D eigenvalue weighted by molar-refractivity contribution is -0.116. The Hall–Kier alpha value is -4.17. The maximum Gasteiger partial charge on any atom is 0.255 e. The van der Waals surface area contributed by atoms with E-state index in [0.717, 1.165) is 29.7 Å². The van der Waals surface area contributed by atoms with Crippen molar-refractivity contribution < 1.29 is 23.5 Å². The first-order valence-corrected chi connectivity index (χ1v) is 13.4. The van der Waals surface area contributed by atoms with Gasteiger partial charge in [-0.25, -0.2) is 9.37 Å². The van der Waals surface area contributed by atoms with Crippen molar-refractivity contribution in [1.82, 2.24) is 10.3 Å². The molecule has 0 saturated carbocycles. The maximum absolute atomic E-state index is 13.8. The van der Waals surface area contributed by atoms with Gasteiger partial charge >= 0.3 is 0 Å². The Morgan fingerprint density at radius 2 is 1.98 bits per heavy atom. The van der Waals surface area contributed by atoms with Gasteiger partial charge in [0.1, 0.15) is 29.7 Å². The van der Waals surface area contributed by atoms with E-state index in [1.807, 2.05) is 32.0 Å². The largest absolute Gasteiger partial charge is 0.496 e. The molecule has 2 heterocycles. The fourth-order valence-electron chi connectivity index (χ4n) is 5.22. The van der Waals surface area contributed by atoms with Crippen LogP contribution in [0, 0.1) is 12.7 Å². The zero-order valence-electron chi connectivity index (χ0n) is 22.4. The number of nitrogens with zero attached hydrogens (tertiary/aromatic N) is 1. The molecule has 206 valence electrons. The van der Waals surface area contributed by atoms with E-state index in [0.29, 0.717) is 46.1 Å². The van der Waals surface area contributed by atoms with E-state index in [4.69, 9.17) is 21.1 Å². The monoisotopic (exact) mass is 561 g/mol. The highest BCUT2D eigenvalue weighted by Gasteiger charge is 2.38. The van der Waals surface area contributed by atoms with Gasteiger partial charge in [0.25, 0.3) is 5.91 Å². The summed E-state index contributed by atoms with van der Waals surface area (Å²) in [7, 11) is 1.56. The molecule has 1 aliphatic heterocycles. The molecule has 1 aromatic heterocycles. The number of Topliss-reactive ketones (excluding diaryl/α,β-unsaturated/α-hetero) is 1. The maximum atomic E-state index is 13.8. The molecule has 0 bridgehead atoms. The Kier molecular flexibility index (Phi) is 7.89. The van der Waals surface area contributed by atoms with E-state index >= 15 is 0 Å². The minimum absolute atomic E-state index is 0.0137. The molecule has 0 spiro atoms. The number of halogens is 2. The molecule has 2 aromatic carbocycles. The summed E-state index contributed by atoms with van der Waals surface area (Å²) in [5.74, 6) is -0.0540. The van der Waals surface area contributed by atoms with E-state index in [2.05, 4.69) is 15.6 Å². The summed E-state index contributed by atoms with van der Waals surface area (Å²) in [5, 5.41) is 6.21. The van der Waals surface area contributed by atoms with Crippen LogP contribution in [-0.4, -0.2) is 23.8 Å². The number of hydrogen-bond acceptors (Lipinski definition) is 6. The van der Waals surface area contributed by atoms with Gasteiger partial charge < -0.3 is 20.1 Å². The number of pyridine rings is 1. The molecule has 1 amide bonds. The summed E-state index contributed by atoms with van der Waals surface area (Å²) in [4.78, 5) is 31.3. The molecule has 0 fully saturated rings. The van der Waals surface area contributed by atoms with Gasteiger partial charge in [-0.2, -0.15) is 0 Å². The number of ether oxygens (including phenoxy) is 2. The zero-order chi connectivity index (χ0) is 28.4. The van der Waals surface area contributed by atoms with Gasteiger partial charge in [0, 0.05) is 52.7 Å². The molecule has 0 unspecified atom stereocenters. The average molecular weight is 562 g/mol. The highest BCUT2D eigenvalue weighted by Crippen LogP contribution is 2.43. The van der Waals surface area contributed by atoms with E-state index in [1.165, 1.54) is 18.2 Å². The van der Waals surface area contributed by atoms with E-state index in [9.17, 15) is 14.0 Å². The van der Waals surface area contributed by atoms with Crippen LogP contribution < -0.4 is 20.1 Å². The summed E-state index contributed by atoms with van der Waals surface area (Å²) in [6.45, 7) is 3.87. The molecule has 5 rings (SSSR count). The van der Waals surface area contributed by atoms with Crippen LogP contribution in [0.5, 0.6) is 11.5 Å². The predicted molar refractivity (Wildman–Crippen MR) is 151 cm³/mol. The Labute approximate surface area is 237 Å². The molecule has 2 N–H and O–H groups in total. The molecule has 1 atom stereocenters. The van der Waals surface area contributed by atoms with Crippen molar-refractivity contribution in [3.8, 4) is 11.5 Å². The number of dihydropyridines is 1. The molecule has 0 saturated heterocycles.